The average molecular weight is 297 g/mol. The average Bonchev–Trinajstić information content (AvgIpc) is 3.03. The van der Waals surface area contributed by atoms with Crippen LogP contribution in [-0.4, -0.2) is 35.9 Å². The van der Waals surface area contributed by atoms with Crippen LogP contribution in [-0.2, 0) is 0 Å². The Hall–Kier alpha value is -2.43. The van der Waals surface area contributed by atoms with Gasteiger partial charge < -0.3 is 20.9 Å². The number of piperidine rings is 1. The van der Waals surface area contributed by atoms with Gasteiger partial charge in [0.05, 0.1) is 5.56 Å². The number of nitrogens with one attached hydrogen (secondary N) is 3. The van der Waals surface area contributed by atoms with Crippen LogP contribution < -0.4 is 11.1 Å². The van der Waals surface area contributed by atoms with Crippen molar-refractivity contribution in [3.8, 4) is 0 Å². The molecule has 22 heavy (non-hydrogen) atoms. The molecule has 2 aromatic rings. The standard InChI is InChI=1S/C17H23N5/c1-20-17-15(7-8-21-17)16(19)22-9-3-5-13(11-22)12-4-2-6-14(18)10-12/h2,4,6-8,10,13,19-21H,3,5,9,11,18H2,1H3. The maximum absolute atomic E-state index is 8.52. The van der Waals surface area contributed by atoms with Gasteiger partial charge in [-0.1, -0.05) is 12.1 Å². The molecule has 0 aliphatic carbocycles. The molecule has 0 radical (unpaired) electrons. The summed E-state index contributed by atoms with van der Waals surface area (Å²) >= 11 is 0. The lowest BCUT2D eigenvalue weighted by Crippen LogP contribution is -2.39. The van der Waals surface area contributed by atoms with Crippen LogP contribution in [0.3, 0.4) is 0 Å². The number of hydrogen-bond acceptors (Lipinski definition) is 3. The highest BCUT2D eigenvalue weighted by Gasteiger charge is 2.25. The van der Waals surface area contributed by atoms with E-state index in [0.29, 0.717) is 11.8 Å². The smallest absolute Gasteiger partial charge is 0.131 e. The largest absolute Gasteiger partial charge is 0.399 e. The van der Waals surface area contributed by atoms with Gasteiger partial charge in [0.25, 0.3) is 0 Å². The van der Waals surface area contributed by atoms with Crippen molar-refractivity contribution in [3.05, 3.63) is 47.7 Å². The second kappa shape index (κ2) is 6.13. The minimum Gasteiger partial charge on any atom is -0.399 e. The van der Waals surface area contributed by atoms with Gasteiger partial charge in [0, 0.05) is 37.9 Å². The molecule has 1 aliphatic heterocycles. The van der Waals surface area contributed by atoms with Crippen molar-refractivity contribution < 1.29 is 0 Å². The summed E-state index contributed by atoms with van der Waals surface area (Å²) in [5.41, 5.74) is 8.92. The van der Waals surface area contributed by atoms with Gasteiger partial charge in [-0.3, -0.25) is 5.41 Å². The fourth-order valence-corrected chi connectivity index (χ4v) is 3.21. The van der Waals surface area contributed by atoms with Gasteiger partial charge in [0.15, 0.2) is 0 Å². The van der Waals surface area contributed by atoms with E-state index in [1.807, 2.05) is 31.4 Å². The lowest BCUT2D eigenvalue weighted by Gasteiger charge is -2.34. The third kappa shape index (κ3) is 2.79. The Kier molecular flexibility index (Phi) is 4.04. The normalized spacial score (nSPS) is 18.2. The summed E-state index contributed by atoms with van der Waals surface area (Å²) < 4.78 is 0. The first-order valence-electron chi connectivity index (χ1n) is 7.73. The molecular weight excluding hydrogens is 274 g/mol. The summed E-state index contributed by atoms with van der Waals surface area (Å²) in [7, 11) is 1.87. The SMILES string of the molecule is CNc1[nH]ccc1C(=N)N1CCCC(c2cccc(N)c2)C1. The molecular formula is C17H23N5. The van der Waals surface area contributed by atoms with Crippen LogP contribution in [0.4, 0.5) is 11.5 Å². The molecule has 1 fully saturated rings. The highest BCUT2D eigenvalue weighted by atomic mass is 15.2. The van der Waals surface area contributed by atoms with E-state index >= 15 is 0 Å². The fraction of sp³-hybridized carbons (Fsp3) is 0.353. The van der Waals surface area contributed by atoms with Crippen molar-refractivity contribution in [2.45, 2.75) is 18.8 Å². The number of nitrogen functional groups attached to an aromatic ring is 1. The van der Waals surface area contributed by atoms with E-state index in [1.165, 1.54) is 5.56 Å². The molecule has 116 valence electrons. The van der Waals surface area contributed by atoms with Crippen molar-refractivity contribution in [3.63, 3.8) is 0 Å². The van der Waals surface area contributed by atoms with Gasteiger partial charge in [-0.25, -0.2) is 0 Å². The number of anilines is 2. The van der Waals surface area contributed by atoms with E-state index in [9.17, 15) is 0 Å². The number of H-pyrrole nitrogens is 1. The van der Waals surface area contributed by atoms with Crippen LogP contribution in [0.15, 0.2) is 36.5 Å². The zero-order valence-corrected chi connectivity index (χ0v) is 12.9. The van der Waals surface area contributed by atoms with Gasteiger partial charge in [-0.2, -0.15) is 0 Å². The highest BCUT2D eigenvalue weighted by molar-refractivity contribution is 6.00. The van der Waals surface area contributed by atoms with Gasteiger partial charge in [0.1, 0.15) is 11.7 Å². The Labute approximate surface area is 131 Å². The van der Waals surface area contributed by atoms with Crippen molar-refractivity contribution in [1.82, 2.24) is 9.88 Å². The van der Waals surface area contributed by atoms with Crippen molar-refractivity contribution in [2.24, 2.45) is 0 Å². The summed E-state index contributed by atoms with van der Waals surface area (Å²) in [6.07, 6.45) is 4.12. The molecule has 2 heterocycles. The van der Waals surface area contributed by atoms with Crippen LogP contribution >= 0.6 is 0 Å². The number of amidine groups is 1. The highest BCUT2D eigenvalue weighted by Crippen LogP contribution is 2.29. The van der Waals surface area contributed by atoms with E-state index in [4.69, 9.17) is 11.1 Å². The molecule has 1 aromatic heterocycles. The summed E-state index contributed by atoms with van der Waals surface area (Å²) in [6, 6.07) is 10.1. The van der Waals surface area contributed by atoms with Gasteiger partial charge >= 0.3 is 0 Å². The van der Waals surface area contributed by atoms with E-state index < -0.39 is 0 Å². The second-order valence-corrected chi connectivity index (χ2v) is 5.82. The van der Waals surface area contributed by atoms with E-state index in [-0.39, 0.29) is 0 Å². The Morgan fingerprint density at radius 2 is 2.27 bits per heavy atom. The molecule has 0 amide bonds. The maximum Gasteiger partial charge on any atom is 0.131 e. The number of rotatable bonds is 3. The number of aromatic nitrogens is 1. The Balaban J connectivity index is 1.77. The molecule has 1 aliphatic rings. The summed E-state index contributed by atoms with van der Waals surface area (Å²) in [5.74, 6) is 1.92. The first kappa shape index (κ1) is 14.5. The topological polar surface area (TPSA) is 80.9 Å². The Morgan fingerprint density at radius 1 is 1.41 bits per heavy atom. The first-order valence-corrected chi connectivity index (χ1v) is 7.73. The van der Waals surface area contributed by atoms with Gasteiger partial charge in [0.2, 0.25) is 0 Å². The van der Waals surface area contributed by atoms with Crippen LogP contribution in [0.5, 0.6) is 0 Å². The number of hydrogen-bond donors (Lipinski definition) is 4. The summed E-state index contributed by atoms with van der Waals surface area (Å²) in [4.78, 5) is 5.30. The molecule has 0 bridgehead atoms. The number of likely N-dealkylation sites (tertiary alicyclic amines) is 1. The minimum atomic E-state index is 0.439. The second-order valence-electron chi connectivity index (χ2n) is 5.82. The molecule has 1 saturated heterocycles. The molecule has 0 spiro atoms. The number of nitrogens with two attached hydrogens (primary N) is 1. The molecule has 5 heteroatoms. The summed E-state index contributed by atoms with van der Waals surface area (Å²) in [6.45, 7) is 1.81. The third-order valence-corrected chi connectivity index (χ3v) is 4.37. The number of benzene rings is 1. The lowest BCUT2D eigenvalue weighted by molar-refractivity contribution is 0.308. The lowest BCUT2D eigenvalue weighted by atomic mass is 9.90. The molecule has 1 aromatic carbocycles. The summed E-state index contributed by atoms with van der Waals surface area (Å²) in [5, 5.41) is 11.6. The Morgan fingerprint density at radius 3 is 3.05 bits per heavy atom. The van der Waals surface area contributed by atoms with Crippen molar-refractivity contribution in [1.29, 1.82) is 5.41 Å². The predicted octanol–water partition coefficient (Wildman–Crippen LogP) is 2.84. The number of aromatic amines is 1. The molecule has 1 unspecified atom stereocenters. The molecule has 5 N–H and O–H groups in total. The van der Waals surface area contributed by atoms with Crippen LogP contribution in [0, 0.1) is 5.41 Å². The quantitative estimate of drug-likeness (QED) is 0.399. The monoisotopic (exact) mass is 297 g/mol. The predicted molar refractivity (Wildman–Crippen MR) is 91.6 cm³/mol. The molecule has 0 saturated carbocycles. The van der Waals surface area contributed by atoms with Crippen molar-refractivity contribution in [2.75, 3.05) is 31.2 Å². The van der Waals surface area contributed by atoms with Crippen molar-refractivity contribution >= 4 is 17.3 Å². The van der Waals surface area contributed by atoms with Gasteiger partial charge in [-0.05, 0) is 36.6 Å². The third-order valence-electron chi connectivity index (χ3n) is 4.37. The molecule has 1 atom stereocenters. The minimum absolute atomic E-state index is 0.439. The maximum atomic E-state index is 8.52. The zero-order valence-electron chi connectivity index (χ0n) is 12.9. The first-order chi connectivity index (χ1) is 10.7. The van der Waals surface area contributed by atoms with Crippen LogP contribution in [0.2, 0.25) is 0 Å². The van der Waals surface area contributed by atoms with E-state index in [1.54, 1.807) is 0 Å². The van der Waals surface area contributed by atoms with Crippen LogP contribution in [0.1, 0.15) is 29.9 Å². The van der Waals surface area contributed by atoms with E-state index in [0.717, 1.165) is 43.0 Å². The van der Waals surface area contributed by atoms with E-state index in [2.05, 4.69) is 27.3 Å². The Bertz CT molecular complexity index is 661. The number of nitrogens with zero attached hydrogens (tertiary/aromatic N) is 1. The molecule has 5 nitrogen and oxygen atoms in total. The zero-order chi connectivity index (χ0) is 15.5. The fourth-order valence-electron chi connectivity index (χ4n) is 3.21. The molecule has 3 rings (SSSR count). The van der Waals surface area contributed by atoms with Crippen LogP contribution in [0.25, 0.3) is 0 Å². The van der Waals surface area contributed by atoms with Gasteiger partial charge in [-0.15, -0.1) is 0 Å².